The molecule has 0 aliphatic carbocycles. The molecule has 0 radical (unpaired) electrons. The topological polar surface area (TPSA) is 151 Å². The van der Waals surface area contributed by atoms with Gasteiger partial charge in [-0.3, -0.25) is 14.2 Å². The minimum atomic E-state index is -4.33. The fourth-order valence-electron chi connectivity index (χ4n) is 5.98. The molecule has 0 bridgehead atoms. The van der Waals surface area contributed by atoms with Crippen molar-refractivity contribution in [1.82, 2.24) is 29.1 Å². The number of amides is 2. The van der Waals surface area contributed by atoms with E-state index in [2.05, 4.69) is 20.3 Å². The number of nitrogens with one attached hydrogen (secondary N) is 1. The molecule has 2 aliphatic heterocycles. The first-order valence-corrected chi connectivity index (χ1v) is 16.4. The molecular formula is C30H29Cl2N7O5S. The molecule has 0 saturated carbocycles. The van der Waals surface area contributed by atoms with Crippen molar-refractivity contribution < 1.29 is 23.1 Å². The van der Waals surface area contributed by atoms with Crippen molar-refractivity contribution in [3.05, 3.63) is 83.0 Å². The van der Waals surface area contributed by atoms with E-state index in [1.54, 1.807) is 31.5 Å². The number of benzene rings is 2. The lowest BCUT2D eigenvalue weighted by atomic mass is 9.91. The molecular weight excluding hydrogens is 641 g/mol. The van der Waals surface area contributed by atoms with Crippen LogP contribution in [-0.4, -0.2) is 74.9 Å². The summed E-state index contributed by atoms with van der Waals surface area (Å²) in [6, 6.07) is 11.2. The number of halogens is 2. The maximum Gasteiger partial charge on any atom is 0.261 e. The molecule has 234 valence electrons. The van der Waals surface area contributed by atoms with Crippen molar-refractivity contribution >= 4 is 56.7 Å². The van der Waals surface area contributed by atoms with E-state index < -0.39 is 33.4 Å². The molecule has 2 aliphatic rings. The average Bonchev–Trinajstić information content (AvgIpc) is 3.74. The highest BCUT2D eigenvalue weighted by Crippen LogP contribution is 2.45. The monoisotopic (exact) mass is 669 g/mol. The summed E-state index contributed by atoms with van der Waals surface area (Å²) >= 11 is 12.6. The number of nitrogens with zero attached hydrogens (tertiary/aromatic N) is 6. The number of rotatable bonds is 9. The largest absolute Gasteiger partial charge is 0.395 e. The number of sulfonamides is 1. The number of hydrogen-bond donors (Lipinski definition) is 2. The van der Waals surface area contributed by atoms with Crippen LogP contribution >= 0.6 is 23.2 Å². The number of aromatic nitrogens is 4. The molecule has 1 saturated heterocycles. The van der Waals surface area contributed by atoms with Crippen molar-refractivity contribution in [3.63, 3.8) is 0 Å². The third-order valence-corrected chi connectivity index (χ3v) is 10.4. The lowest BCUT2D eigenvalue weighted by Gasteiger charge is -2.29. The van der Waals surface area contributed by atoms with E-state index in [0.717, 1.165) is 21.0 Å². The van der Waals surface area contributed by atoms with E-state index in [1.165, 1.54) is 28.1 Å². The Balaban J connectivity index is 1.44. The van der Waals surface area contributed by atoms with Crippen LogP contribution in [0.4, 0.5) is 11.6 Å². The molecule has 6 rings (SSSR count). The van der Waals surface area contributed by atoms with Gasteiger partial charge in [0, 0.05) is 47.5 Å². The lowest BCUT2D eigenvalue weighted by molar-refractivity contribution is -0.125. The number of imidazole rings is 1. The van der Waals surface area contributed by atoms with Gasteiger partial charge in [0.1, 0.15) is 17.9 Å². The Bertz CT molecular complexity index is 1850. The summed E-state index contributed by atoms with van der Waals surface area (Å²) in [7, 11) is -4.33. The van der Waals surface area contributed by atoms with Gasteiger partial charge in [0.25, 0.3) is 15.9 Å². The van der Waals surface area contributed by atoms with E-state index in [-0.39, 0.29) is 37.1 Å². The van der Waals surface area contributed by atoms with Gasteiger partial charge in [-0.25, -0.2) is 28.3 Å². The first kappa shape index (κ1) is 31.1. The summed E-state index contributed by atoms with van der Waals surface area (Å²) < 4.78 is 31.2. The van der Waals surface area contributed by atoms with Crippen LogP contribution in [0, 0.1) is 0 Å². The van der Waals surface area contributed by atoms with E-state index in [4.69, 9.17) is 28.3 Å². The molecule has 0 unspecified atom stereocenters. The van der Waals surface area contributed by atoms with Crippen LogP contribution in [0.15, 0.2) is 72.4 Å². The maximum absolute atomic E-state index is 14.4. The molecule has 45 heavy (non-hydrogen) atoms. The number of anilines is 2. The zero-order valence-electron chi connectivity index (χ0n) is 24.1. The third kappa shape index (κ3) is 5.59. The molecule has 12 nitrogen and oxygen atoms in total. The zero-order chi connectivity index (χ0) is 31.9. The highest BCUT2D eigenvalue weighted by atomic mass is 35.5. The zero-order valence-corrected chi connectivity index (χ0v) is 26.4. The number of carbonyl (C=O) groups is 2. The number of aliphatic hydroxyl groups is 1. The normalized spacial score (nSPS) is 20.0. The van der Waals surface area contributed by atoms with E-state index in [1.807, 2.05) is 24.3 Å². The number of fused-ring (bicyclic) bond motifs is 1. The second-order valence-electron chi connectivity index (χ2n) is 11.1. The smallest absolute Gasteiger partial charge is 0.261 e. The summed E-state index contributed by atoms with van der Waals surface area (Å²) in [5, 5.41) is 12.1. The van der Waals surface area contributed by atoms with E-state index in [0.29, 0.717) is 28.6 Å². The molecule has 15 heteroatoms. The molecule has 1 fully saturated rings. The van der Waals surface area contributed by atoms with Crippen molar-refractivity contribution in [3.8, 4) is 11.1 Å². The predicted molar refractivity (Wildman–Crippen MR) is 168 cm³/mol. The van der Waals surface area contributed by atoms with Gasteiger partial charge in [0.05, 0.1) is 18.5 Å². The molecule has 2 amide bonds. The van der Waals surface area contributed by atoms with Gasteiger partial charge in [-0.1, -0.05) is 47.5 Å². The molecule has 4 aromatic rings. The predicted octanol–water partition coefficient (Wildman–Crippen LogP) is 3.54. The molecule has 2 aromatic carbocycles. The van der Waals surface area contributed by atoms with Gasteiger partial charge in [-0.15, -0.1) is 0 Å². The SMILES string of the molecule is C[C@@]1(Cc2ccc(-c3cncnc3)cc2)C(=O)N(c2cc(Cl)cc(Cl)c2)c2ncc(S(=O)(=O)N3CCC[C@H]3C(=O)NCCO)n21. The fourth-order valence-corrected chi connectivity index (χ4v) is 8.34. The van der Waals surface area contributed by atoms with Gasteiger partial charge in [-0.2, -0.15) is 4.31 Å². The number of aliphatic hydroxyl groups excluding tert-OH is 1. The van der Waals surface area contributed by atoms with Crippen LogP contribution in [-0.2, 0) is 31.6 Å². The van der Waals surface area contributed by atoms with E-state index in [9.17, 15) is 18.0 Å². The fraction of sp³-hybridized carbons (Fsp3) is 0.300. The Kier molecular flexibility index (Phi) is 8.39. The van der Waals surface area contributed by atoms with Crippen LogP contribution in [0.1, 0.15) is 25.3 Å². The molecule has 4 heterocycles. The summed E-state index contributed by atoms with van der Waals surface area (Å²) in [4.78, 5) is 41.2. The number of carbonyl (C=O) groups excluding carboxylic acids is 2. The summed E-state index contributed by atoms with van der Waals surface area (Å²) in [6.07, 6.45) is 6.97. The standard InChI is InChI=1S/C30H29Cl2N7O5S/c1-30(14-19-4-6-20(7-5-19)21-15-33-18-34-16-21)28(42)38(24-12-22(31)11-23(32)13-24)29-36-17-26(39(29)30)45(43,44)37-9-2-3-25(37)27(41)35-8-10-40/h4-7,11-13,15-18,25,40H,2-3,8-10,14H2,1H3,(H,35,41)/t25-,30+/m0/s1. The second kappa shape index (κ2) is 12.1. The summed E-state index contributed by atoms with van der Waals surface area (Å²) in [5.74, 6) is -0.846. The highest BCUT2D eigenvalue weighted by Gasteiger charge is 2.53. The molecule has 0 spiro atoms. The quantitative estimate of drug-likeness (QED) is 0.275. The van der Waals surface area contributed by atoms with Gasteiger partial charge in [0.2, 0.25) is 11.9 Å². The Morgan fingerprint density at radius 1 is 1.07 bits per heavy atom. The van der Waals surface area contributed by atoms with Crippen LogP contribution in [0.3, 0.4) is 0 Å². The minimum absolute atomic E-state index is 0.00508. The van der Waals surface area contributed by atoms with Gasteiger partial charge >= 0.3 is 0 Å². The number of hydrogen-bond acceptors (Lipinski definition) is 8. The summed E-state index contributed by atoms with van der Waals surface area (Å²) in [6.45, 7) is 1.51. The van der Waals surface area contributed by atoms with Crippen molar-refractivity contribution in [2.24, 2.45) is 0 Å². The van der Waals surface area contributed by atoms with Crippen molar-refractivity contribution in [2.75, 3.05) is 24.6 Å². The highest BCUT2D eigenvalue weighted by molar-refractivity contribution is 7.89. The lowest BCUT2D eigenvalue weighted by Crippen LogP contribution is -2.48. The Morgan fingerprint density at radius 3 is 2.42 bits per heavy atom. The Hall–Kier alpha value is -3.88. The first-order valence-electron chi connectivity index (χ1n) is 14.2. The van der Waals surface area contributed by atoms with Crippen LogP contribution in [0.5, 0.6) is 0 Å². The van der Waals surface area contributed by atoms with Crippen LogP contribution in [0.25, 0.3) is 11.1 Å². The van der Waals surface area contributed by atoms with Gasteiger partial charge in [0.15, 0.2) is 5.03 Å². The minimum Gasteiger partial charge on any atom is -0.395 e. The summed E-state index contributed by atoms with van der Waals surface area (Å²) in [5.41, 5.74) is 1.35. The van der Waals surface area contributed by atoms with Gasteiger partial charge in [-0.05, 0) is 49.1 Å². The second-order valence-corrected chi connectivity index (χ2v) is 13.8. The average molecular weight is 671 g/mol. The van der Waals surface area contributed by atoms with Crippen molar-refractivity contribution in [1.29, 1.82) is 0 Å². The van der Waals surface area contributed by atoms with E-state index >= 15 is 0 Å². The molecule has 2 atom stereocenters. The first-order chi connectivity index (χ1) is 21.5. The molecule has 2 N–H and O–H groups in total. The third-order valence-electron chi connectivity index (χ3n) is 8.06. The Morgan fingerprint density at radius 2 is 1.76 bits per heavy atom. The molecule has 2 aromatic heterocycles. The van der Waals surface area contributed by atoms with Crippen molar-refractivity contribution in [2.45, 2.75) is 42.8 Å². The van der Waals surface area contributed by atoms with Gasteiger partial charge < -0.3 is 10.4 Å². The Labute approximate surface area is 269 Å². The maximum atomic E-state index is 14.4. The van der Waals surface area contributed by atoms with Crippen LogP contribution in [0.2, 0.25) is 10.0 Å². The van der Waals surface area contributed by atoms with Crippen LogP contribution < -0.4 is 10.2 Å².